The van der Waals surface area contributed by atoms with Crippen LogP contribution in [0.4, 0.5) is 0 Å². The maximum absolute atomic E-state index is 12.3. The Kier molecular flexibility index (Phi) is 4.61. The molecule has 1 aliphatic rings. The van der Waals surface area contributed by atoms with Gasteiger partial charge in [0.15, 0.2) is 0 Å². The molecule has 108 valence electrons. The largest absolute Gasteiger partial charge is 0.508 e. The highest BCUT2D eigenvalue weighted by Gasteiger charge is 2.28. The van der Waals surface area contributed by atoms with Gasteiger partial charge in [-0.15, -0.1) is 0 Å². The van der Waals surface area contributed by atoms with Crippen LogP contribution >= 0.6 is 0 Å². The van der Waals surface area contributed by atoms with Gasteiger partial charge in [0.05, 0.1) is 12.8 Å². The number of likely N-dealkylation sites (tertiary alicyclic amines) is 1. The summed E-state index contributed by atoms with van der Waals surface area (Å²) in [6.45, 7) is 0.634. The molecule has 0 spiro atoms. The van der Waals surface area contributed by atoms with Crippen molar-refractivity contribution in [2.24, 2.45) is 0 Å². The molecule has 1 amide bonds. The smallest absolute Gasteiger partial charge is 0.305 e. The Labute approximate surface area is 117 Å². The van der Waals surface area contributed by atoms with Gasteiger partial charge < -0.3 is 15.1 Å². The molecule has 5 heteroatoms. The summed E-state index contributed by atoms with van der Waals surface area (Å²) >= 11 is 0. The first kappa shape index (κ1) is 14.4. The van der Waals surface area contributed by atoms with Crippen molar-refractivity contribution in [3.8, 4) is 5.75 Å². The summed E-state index contributed by atoms with van der Waals surface area (Å²) in [6.07, 6.45) is 2.92. The number of rotatable bonds is 4. The number of carboxylic acid groups (broad SMARTS) is 1. The van der Waals surface area contributed by atoms with Crippen molar-refractivity contribution in [3.63, 3.8) is 0 Å². The number of phenolic OH excluding ortho intramolecular Hbond substituents is 1. The Morgan fingerprint density at radius 3 is 2.55 bits per heavy atom. The van der Waals surface area contributed by atoms with Crippen LogP contribution in [0, 0.1) is 0 Å². The van der Waals surface area contributed by atoms with E-state index in [1.165, 1.54) is 0 Å². The number of carboxylic acids is 1. The lowest BCUT2D eigenvalue weighted by Gasteiger charge is -2.35. The lowest BCUT2D eigenvalue weighted by molar-refractivity contribution is -0.141. The highest BCUT2D eigenvalue weighted by atomic mass is 16.4. The van der Waals surface area contributed by atoms with E-state index in [4.69, 9.17) is 5.11 Å². The number of hydrogen-bond acceptors (Lipinski definition) is 3. The van der Waals surface area contributed by atoms with Crippen molar-refractivity contribution >= 4 is 11.9 Å². The van der Waals surface area contributed by atoms with E-state index in [0.717, 1.165) is 24.8 Å². The molecule has 20 heavy (non-hydrogen) atoms. The van der Waals surface area contributed by atoms with E-state index in [9.17, 15) is 14.7 Å². The fourth-order valence-corrected chi connectivity index (χ4v) is 2.63. The molecule has 0 bridgehead atoms. The summed E-state index contributed by atoms with van der Waals surface area (Å²) in [4.78, 5) is 24.9. The molecule has 5 nitrogen and oxygen atoms in total. The van der Waals surface area contributed by atoms with Crippen LogP contribution in [-0.2, 0) is 16.0 Å². The highest BCUT2D eigenvalue weighted by Crippen LogP contribution is 2.21. The summed E-state index contributed by atoms with van der Waals surface area (Å²) in [5.41, 5.74) is 0.826. The molecule has 1 heterocycles. The Bertz CT molecular complexity index is 483. The molecule has 0 aromatic heterocycles. The zero-order valence-electron chi connectivity index (χ0n) is 11.3. The van der Waals surface area contributed by atoms with Gasteiger partial charge in [0.1, 0.15) is 5.75 Å². The maximum atomic E-state index is 12.3. The van der Waals surface area contributed by atoms with Gasteiger partial charge in [-0.2, -0.15) is 0 Å². The van der Waals surface area contributed by atoms with Crippen LogP contribution in [0.3, 0.4) is 0 Å². The molecule has 1 aromatic carbocycles. The van der Waals surface area contributed by atoms with Crippen molar-refractivity contribution in [2.45, 2.75) is 38.1 Å². The number of aromatic hydroxyl groups is 1. The molecular weight excluding hydrogens is 258 g/mol. The molecule has 1 atom stereocenters. The molecule has 1 aromatic rings. The minimum atomic E-state index is -0.862. The van der Waals surface area contributed by atoms with Crippen molar-refractivity contribution in [3.05, 3.63) is 29.8 Å². The number of amides is 1. The summed E-state index contributed by atoms with van der Waals surface area (Å²) in [5, 5.41) is 18.1. The Hall–Kier alpha value is -2.04. The number of hydrogen-bond donors (Lipinski definition) is 2. The average molecular weight is 277 g/mol. The summed E-state index contributed by atoms with van der Waals surface area (Å²) < 4.78 is 0. The SMILES string of the molecule is O=C(O)CC1CCCCN1C(=O)Cc1ccc(O)cc1. The lowest BCUT2D eigenvalue weighted by Crippen LogP contribution is -2.45. The van der Waals surface area contributed by atoms with E-state index < -0.39 is 5.97 Å². The highest BCUT2D eigenvalue weighted by molar-refractivity contribution is 5.80. The van der Waals surface area contributed by atoms with E-state index in [-0.39, 0.29) is 30.5 Å². The molecule has 1 unspecified atom stereocenters. The van der Waals surface area contributed by atoms with E-state index in [1.807, 2.05) is 0 Å². The van der Waals surface area contributed by atoms with Gasteiger partial charge in [-0.05, 0) is 37.0 Å². The zero-order chi connectivity index (χ0) is 14.5. The van der Waals surface area contributed by atoms with Crippen LogP contribution in [0.2, 0.25) is 0 Å². The van der Waals surface area contributed by atoms with Crippen LogP contribution in [-0.4, -0.2) is 39.6 Å². The second kappa shape index (κ2) is 6.41. The number of benzene rings is 1. The molecule has 1 saturated heterocycles. The number of carbonyl (C=O) groups excluding carboxylic acids is 1. The van der Waals surface area contributed by atoms with Gasteiger partial charge in [-0.3, -0.25) is 9.59 Å². The minimum Gasteiger partial charge on any atom is -0.508 e. The van der Waals surface area contributed by atoms with E-state index >= 15 is 0 Å². The monoisotopic (exact) mass is 277 g/mol. The normalized spacial score (nSPS) is 18.8. The third-order valence-corrected chi connectivity index (χ3v) is 3.65. The quantitative estimate of drug-likeness (QED) is 0.879. The number of piperidine rings is 1. The Balaban J connectivity index is 2.01. The molecular formula is C15H19NO4. The number of aliphatic carboxylic acids is 1. The molecule has 0 radical (unpaired) electrons. The van der Waals surface area contributed by atoms with Crippen LogP contribution in [0.25, 0.3) is 0 Å². The van der Waals surface area contributed by atoms with Gasteiger partial charge in [0.25, 0.3) is 0 Å². The first-order chi connectivity index (χ1) is 9.56. The van der Waals surface area contributed by atoms with Crippen molar-refractivity contribution in [1.29, 1.82) is 0 Å². The second-order valence-corrected chi connectivity index (χ2v) is 5.18. The molecule has 1 fully saturated rings. The summed E-state index contributed by atoms with van der Waals surface area (Å²) in [7, 11) is 0. The van der Waals surface area contributed by atoms with Gasteiger partial charge in [-0.1, -0.05) is 12.1 Å². The minimum absolute atomic E-state index is 0.0152. The van der Waals surface area contributed by atoms with Gasteiger partial charge in [0, 0.05) is 12.6 Å². The summed E-state index contributed by atoms with van der Waals surface area (Å²) in [5.74, 6) is -0.733. The van der Waals surface area contributed by atoms with E-state index in [2.05, 4.69) is 0 Å². The van der Waals surface area contributed by atoms with Gasteiger partial charge in [-0.25, -0.2) is 0 Å². The Morgan fingerprint density at radius 2 is 1.90 bits per heavy atom. The standard InChI is InChI=1S/C15H19NO4/c17-13-6-4-11(5-7-13)9-14(18)16-8-2-1-3-12(16)10-15(19)20/h4-7,12,17H,1-3,8-10H2,(H,19,20). The third kappa shape index (κ3) is 3.73. The predicted molar refractivity (Wildman–Crippen MR) is 73.4 cm³/mol. The Morgan fingerprint density at radius 1 is 1.20 bits per heavy atom. The molecule has 2 N–H and O–H groups in total. The lowest BCUT2D eigenvalue weighted by atomic mass is 9.98. The van der Waals surface area contributed by atoms with Crippen LogP contribution in [0.5, 0.6) is 5.75 Å². The van der Waals surface area contributed by atoms with E-state index in [1.54, 1.807) is 29.2 Å². The molecule has 0 saturated carbocycles. The first-order valence-electron chi connectivity index (χ1n) is 6.85. The maximum Gasteiger partial charge on any atom is 0.305 e. The molecule has 0 aliphatic carbocycles. The number of nitrogens with zero attached hydrogens (tertiary/aromatic N) is 1. The topological polar surface area (TPSA) is 77.8 Å². The second-order valence-electron chi connectivity index (χ2n) is 5.18. The zero-order valence-corrected chi connectivity index (χ0v) is 11.3. The number of carbonyl (C=O) groups is 2. The van der Waals surface area contributed by atoms with Crippen LogP contribution in [0.1, 0.15) is 31.2 Å². The van der Waals surface area contributed by atoms with Gasteiger partial charge in [0.2, 0.25) is 5.91 Å². The van der Waals surface area contributed by atoms with Crippen LogP contribution < -0.4 is 0 Å². The third-order valence-electron chi connectivity index (χ3n) is 3.65. The van der Waals surface area contributed by atoms with Crippen molar-refractivity contribution in [2.75, 3.05) is 6.54 Å². The fraction of sp³-hybridized carbons (Fsp3) is 0.467. The predicted octanol–water partition coefficient (Wildman–Crippen LogP) is 1.79. The average Bonchev–Trinajstić information content (AvgIpc) is 2.41. The van der Waals surface area contributed by atoms with Crippen molar-refractivity contribution in [1.82, 2.24) is 4.90 Å². The van der Waals surface area contributed by atoms with Crippen LogP contribution in [0.15, 0.2) is 24.3 Å². The number of phenols is 1. The summed E-state index contributed by atoms with van der Waals surface area (Å²) in [6, 6.07) is 6.33. The fourth-order valence-electron chi connectivity index (χ4n) is 2.63. The molecule has 2 rings (SSSR count). The van der Waals surface area contributed by atoms with E-state index in [0.29, 0.717) is 6.54 Å². The first-order valence-corrected chi connectivity index (χ1v) is 6.85. The van der Waals surface area contributed by atoms with Crippen molar-refractivity contribution < 1.29 is 19.8 Å². The molecule has 1 aliphatic heterocycles. The van der Waals surface area contributed by atoms with Gasteiger partial charge >= 0.3 is 5.97 Å².